The third kappa shape index (κ3) is 5.27. The highest BCUT2D eigenvalue weighted by Crippen LogP contribution is 2.30. The lowest BCUT2D eigenvalue weighted by molar-refractivity contribution is -0.0802. The number of hydrogen-bond acceptors (Lipinski definition) is 5. The van der Waals surface area contributed by atoms with E-state index < -0.39 is 0 Å². The Bertz CT molecular complexity index is 1160. The number of nitrogens with one attached hydrogen (secondary N) is 1. The molecule has 2 bridgehead atoms. The van der Waals surface area contributed by atoms with E-state index in [0.717, 1.165) is 54.8 Å². The van der Waals surface area contributed by atoms with Crippen LogP contribution >= 0.6 is 0 Å². The second-order valence-electron chi connectivity index (χ2n) is 10.4. The molecule has 2 aliphatic heterocycles. The molecule has 0 radical (unpaired) electrons. The van der Waals surface area contributed by atoms with Crippen molar-refractivity contribution in [2.45, 2.75) is 77.2 Å². The normalized spacial score (nSPS) is 22.2. The summed E-state index contributed by atoms with van der Waals surface area (Å²) in [7, 11) is 0. The van der Waals surface area contributed by atoms with E-state index in [1.54, 1.807) is 0 Å². The fraction of sp³-hybridized carbons (Fsp3) is 0.517. The Morgan fingerprint density at radius 2 is 1.89 bits per heavy atom. The van der Waals surface area contributed by atoms with Gasteiger partial charge in [0.2, 0.25) is 0 Å². The number of amides is 1. The topological polar surface area (TPSA) is 68.6 Å². The van der Waals surface area contributed by atoms with Crippen molar-refractivity contribution < 1.29 is 14.3 Å². The van der Waals surface area contributed by atoms with Gasteiger partial charge in [0.15, 0.2) is 5.69 Å². The van der Waals surface area contributed by atoms with E-state index >= 15 is 0 Å². The standard InChI is InChI=1S/C29H38N4O3/c1-4-5-13-32-23-14-22(15-24(32)19-35-18-23)30-29(34)28-26-16-25(36-17-21-9-7-6-8-10-21)11-12-27(26)33(31-28)20(2)3/h6-12,16,20,22-24H,4-5,13-15,17-19H2,1-3H3,(H,30,34)/t22?,23-,24+. The van der Waals surface area contributed by atoms with Gasteiger partial charge in [0.1, 0.15) is 12.4 Å². The number of piperidine rings is 1. The summed E-state index contributed by atoms with van der Waals surface area (Å²) in [6.07, 6.45) is 4.23. The van der Waals surface area contributed by atoms with E-state index in [0.29, 0.717) is 24.4 Å². The highest BCUT2D eigenvalue weighted by atomic mass is 16.5. The summed E-state index contributed by atoms with van der Waals surface area (Å²) in [6.45, 7) is 9.50. The third-order valence-corrected chi connectivity index (χ3v) is 7.41. The first kappa shape index (κ1) is 24.8. The molecule has 1 aromatic heterocycles. The SMILES string of the molecule is CCCCN1[C@@H]2COC[C@H]1CC(NC(=O)c1nn(C(C)C)c3ccc(OCc4ccccc4)cc13)C2. The monoisotopic (exact) mass is 490 g/mol. The predicted octanol–water partition coefficient (Wildman–Crippen LogP) is 4.96. The molecule has 2 fully saturated rings. The zero-order chi connectivity index (χ0) is 25.1. The highest BCUT2D eigenvalue weighted by molar-refractivity contribution is 6.05. The maximum atomic E-state index is 13.6. The molecule has 192 valence electrons. The van der Waals surface area contributed by atoms with Gasteiger partial charge in [-0.1, -0.05) is 43.7 Å². The van der Waals surface area contributed by atoms with Crippen molar-refractivity contribution in [1.29, 1.82) is 0 Å². The molecule has 5 rings (SSSR count). The quantitative estimate of drug-likeness (QED) is 0.459. The molecule has 2 saturated heterocycles. The molecule has 2 aromatic carbocycles. The molecule has 3 aromatic rings. The van der Waals surface area contributed by atoms with Crippen molar-refractivity contribution >= 4 is 16.8 Å². The fourth-order valence-corrected chi connectivity index (χ4v) is 5.58. The van der Waals surface area contributed by atoms with Gasteiger partial charge in [0, 0.05) is 29.6 Å². The molecular formula is C29H38N4O3. The maximum absolute atomic E-state index is 13.6. The average Bonchev–Trinajstić information content (AvgIpc) is 3.26. The van der Waals surface area contributed by atoms with E-state index in [1.165, 1.54) is 12.8 Å². The van der Waals surface area contributed by atoms with Gasteiger partial charge in [-0.15, -0.1) is 0 Å². The minimum absolute atomic E-state index is 0.106. The summed E-state index contributed by atoms with van der Waals surface area (Å²) in [5.41, 5.74) is 2.52. The van der Waals surface area contributed by atoms with Gasteiger partial charge in [0.05, 0.1) is 18.7 Å². The van der Waals surface area contributed by atoms with Gasteiger partial charge < -0.3 is 14.8 Å². The van der Waals surface area contributed by atoms with Crippen LogP contribution in [0.25, 0.3) is 10.9 Å². The van der Waals surface area contributed by atoms with Crippen LogP contribution in [0.3, 0.4) is 0 Å². The summed E-state index contributed by atoms with van der Waals surface area (Å²) >= 11 is 0. The minimum Gasteiger partial charge on any atom is -0.489 e. The van der Waals surface area contributed by atoms with Crippen LogP contribution < -0.4 is 10.1 Å². The maximum Gasteiger partial charge on any atom is 0.272 e. The van der Waals surface area contributed by atoms with E-state index in [1.807, 2.05) is 53.2 Å². The molecule has 7 nitrogen and oxygen atoms in total. The van der Waals surface area contributed by atoms with Crippen LogP contribution in [0.2, 0.25) is 0 Å². The Morgan fingerprint density at radius 1 is 1.14 bits per heavy atom. The van der Waals surface area contributed by atoms with Crippen molar-refractivity contribution in [2.75, 3.05) is 19.8 Å². The van der Waals surface area contributed by atoms with Gasteiger partial charge in [-0.3, -0.25) is 14.4 Å². The summed E-state index contributed by atoms with van der Waals surface area (Å²) in [6, 6.07) is 17.0. The molecule has 36 heavy (non-hydrogen) atoms. The van der Waals surface area contributed by atoms with E-state index in [9.17, 15) is 4.79 Å². The number of aromatic nitrogens is 2. The van der Waals surface area contributed by atoms with Crippen LogP contribution in [-0.2, 0) is 11.3 Å². The number of nitrogens with zero attached hydrogens (tertiary/aromatic N) is 3. The number of rotatable bonds is 9. The Balaban J connectivity index is 1.34. The van der Waals surface area contributed by atoms with Gasteiger partial charge in [0.25, 0.3) is 5.91 Å². The summed E-state index contributed by atoms with van der Waals surface area (Å²) in [4.78, 5) is 16.2. The van der Waals surface area contributed by atoms with Crippen molar-refractivity contribution in [1.82, 2.24) is 20.0 Å². The molecule has 3 heterocycles. The fourth-order valence-electron chi connectivity index (χ4n) is 5.58. The van der Waals surface area contributed by atoms with Gasteiger partial charge in [-0.25, -0.2) is 0 Å². The molecular weight excluding hydrogens is 452 g/mol. The average molecular weight is 491 g/mol. The number of hydrogen-bond donors (Lipinski definition) is 1. The van der Waals surface area contributed by atoms with E-state index in [4.69, 9.17) is 14.6 Å². The largest absolute Gasteiger partial charge is 0.489 e. The number of ether oxygens (including phenoxy) is 2. The number of benzene rings is 2. The highest BCUT2D eigenvalue weighted by Gasteiger charge is 2.39. The summed E-state index contributed by atoms with van der Waals surface area (Å²) in [5, 5.41) is 8.91. The van der Waals surface area contributed by atoms with Gasteiger partial charge in [-0.05, 0) is 63.4 Å². The van der Waals surface area contributed by atoms with Crippen LogP contribution in [0, 0.1) is 0 Å². The zero-order valence-electron chi connectivity index (χ0n) is 21.7. The van der Waals surface area contributed by atoms with Crippen molar-refractivity contribution in [2.24, 2.45) is 0 Å². The van der Waals surface area contributed by atoms with Crippen LogP contribution in [0.4, 0.5) is 0 Å². The van der Waals surface area contributed by atoms with Crippen LogP contribution in [0.15, 0.2) is 48.5 Å². The van der Waals surface area contributed by atoms with Gasteiger partial charge in [-0.2, -0.15) is 5.10 Å². The molecule has 3 atom stereocenters. The first-order valence-electron chi connectivity index (χ1n) is 13.4. The number of fused-ring (bicyclic) bond motifs is 3. The molecule has 0 spiro atoms. The number of carbonyl (C=O) groups is 1. The first-order chi connectivity index (χ1) is 17.5. The Morgan fingerprint density at radius 3 is 2.58 bits per heavy atom. The lowest BCUT2D eigenvalue weighted by Crippen LogP contribution is -2.60. The van der Waals surface area contributed by atoms with Crippen LogP contribution in [-0.4, -0.2) is 58.5 Å². The summed E-state index contributed by atoms with van der Waals surface area (Å²) in [5.74, 6) is 0.630. The summed E-state index contributed by atoms with van der Waals surface area (Å²) < 4.78 is 13.8. The van der Waals surface area contributed by atoms with Gasteiger partial charge >= 0.3 is 0 Å². The predicted molar refractivity (Wildman–Crippen MR) is 141 cm³/mol. The second kappa shape index (κ2) is 11.0. The van der Waals surface area contributed by atoms with Crippen molar-refractivity contribution in [3.63, 3.8) is 0 Å². The molecule has 1 unspecified atom stereocenters. The first-order valence-corrected chi connectivity index (χ1v) is 13.4. The van der Waals surface area contributed by atoms with Crippen LogP contribution in [0.5, 0.6) is 5.75 Å². The molecule has 0 saturated carbocycles. The Labute approximate surface area is 213 Å². The minimum atomic E-state index is -0.106. The third-order valence-electron chi connectivity index (χ3n) is 7.41. The molecule has 1 amide bonds. The number of morpholine rings is 1. The van der Waals surface area contributed by atoms with E-state index in [-0.39, 0.29) is 18.0 Å². The Kier molecular flexibility index (Phi) is 7.58. The Hall–Kier alpha value is -2.90. The lowest BCUT2D eigenvalue weighted by atomic mass is 9.89. The number of carbonyl (C=O) groups excluding carboxylic acids is 1. The zero-order valence-corrected chi connectivity index (χ0v) is 21.7. The molecule has 0 aliphatic carbocycles. The lowest BCUT2D eigenvalue weighted by Gasteiger charge is -2.48. The molecule has 1 N–H and O–H groups in total. The number of unbranched alkanes of at least 4 members (excludes halogenated alkanes) is 1. The second-order valence-corrected chi connectivity index (χ2v) is 10.4. The van der Waals surface area contributed by atoms with Crippen LogP contribution in [0.1, 0.15) is 68.5 Å². The molecule has 7 heteroatoms. The van der Waals surface area contributed by atoms with E-state index in [2.05, 4.69) is 31.0 Å². The smallest absolute Gasteiger partial charge is 0.272 e. The van der Waals surface area contributed by atoms with Crippen molar-refractivity contribution in [3.05, 3.63) is 59.8 Å². The molecule has 2 aliphatic rings. The van der Waals surface area contributed by atoms with Crippen molar-refractivity contribution in [3.8, 4) is 5.75 Å².